The third-order valence-electron chi connectivity index (χ3n) is 7.88. The van der Waals surface area contributed by atoms with Gasteiger partial charge in [0.25, 0.3) is 0 Å². The van der Waals surface area contributed by atoms with Crippen molar-refractivity contribution in [3.05, 3.63) is 41.5 Å². The van der Waals surface area contributed by atoms with Crippen molar-refractivity contribution in [1.82, 2.24) is 0 Å². The third-order valence-corrected chi connectivity index (χ3v) is 8.85. The second kappa shape index (κ2) is 21.0. The summed E-state index contributed by atoms with van der Waals surface area (Å²) in [7, 11) is -4.55. The van der Waals surface area contributed by atoms with E-state index in [-0.39, 0.29) is 56.3 Å². The van der Waals surface area contributed by atoms with Crippen molar-refractivity contribution >= 4 is 20.9 Å². The van der Waals surface area contributed by atoms with Gasteiger partial charge in [-0.3, -0.25) is 0 Å². The minimum atomic E-state index is -4.55. The van der Waals surface area contributed by atoms with Gasteiger partial charge in [-0.25, -0.2) is 8.42 Å². The summed E-state index contributed by atoms with van der Waals surface area (Å²) in [6.45, 7) is 9.15. The van der Waals surface area contributed by atoms with Crippen LogP contribution in [0.25, 0.3) is 10.8 Å². The van der Waals surface area contributed by atoms with Crippen LogP contribution in [-0.4, -0.2) is 13.0 Å². The first-order valence-corrected chi connectivity index (χ1v) is 17.1. The molecule has 0 aliphatic carbocycles. The Morgan fingerprint density at radius 1 is 0.641 bits per heavy atom. The zero-order valence-electron chi connectivity index (χ0n) is 25.9. The van der Waals surface area contributed by atoms with Gasteiger partial charge in [0.05, 0.1) is 4.90 Å². The first-order valence-electron chi connectivity index (χ1n) is 15.7. The fourth-order valence-electron chi connectivity index (χ4n) is 5.69. The van der Waals surface area contributed by atoms with Gasteiger partial charge in [-0.05, 0) is 59.4 Å². The number of rotatable bonds is 21. The molecule has 2 aromatic rings. The van der Waals surface area contributed by atoms with Crippen LogP contribution in [0, 0.1) is 11.8 Å². The van der Waals surface area contributed by atoms with Crippen LogP contribution in [0.2, 0.25) is 0 Å². The van der Waals surface area contributed by atoms with Gasteiger partial charge in [0.1, 0.15) is 10.1 Å². The standard InChI is InChI=1S/C34H56O3S.K/c1-28(2)21-15-11-7-5-9-13-17-23-30-27-31-24-19-20-26-33(31)34(38(35,36)37)32(30)25-18-14-10-6-8-12-16-22-29(3)4;/h19-20,24,26-29H,5-18,21-23,25H2,1-4H3,(H,35,36,37);/q;+1/p-1. The Bertz CT molecular complexity index is 1030. The monoisotopic (exact) mass is 582 g/mol. The SMILES string of the molecule is CC(C)CCCCCCCCCc1cc2ccccc2c(S(=O)(=O)[O-])c1CCCCCCCCCC(C)C.[K+]. The molecule has 0 fully saturated rings. The molecular formula is C34H55KO3S. The summed E-state index contributed by atoms with van der Waals surface area (Å²) in [5, 5.41) is 1.46. The Morgan fingerprint density at radius 3 is 1.56 bits per heavy atom. The van der Waals surface area contributed by atoms with Crippen molar-refractivity contribution in [1.29, 1.82) is 0 Å². The van der Waals surface area contributed by atoms with Crippen molar-refractivity contribution in [2.24, 2.45) is 11.8 Å². The van der Waals surface area contributed by atoms with Gasteiger partial charge in [0.15, 0.2) is 0 Å². The van der Waals surface area contributed by atoms with Crippen LogP contribution in [0.5, 0.6) is 0 Å². The molecule has 0 radical (unpaired) electrons. The van der Waals surface area contributed by atoms with Crippen molar-refractivity contribution in [3.8, 4) is 0 Å². The molecule has 0 saturated heterocycles. The van der Waals surface area contributed by atoms with E-state index in [9.17, 15) is 13.0 Å². The van der Waals surface area contributed by atoms with Crippen molar-refractivity contribution in [2.45, 2.75) is 148 Å². The van der Waals surface area contributed by atoms with Crippen LogP contribution in [-0.2, 0) is 23.0 Å². The summed E-state index contributed by atoms with van der Waals surface area (Å²) < 4.78 is 37.5. The van der Waals surface area contributed by atoms with Crippen molar-refractivity contribution < 1.29 is 64.4 Å². The Balaban J connectivity index is 0.00000760. The molecule has 3 nitrogen and oxygen atoms in total. The summed E-state index contributed by atoms with van der Waals surface area (Å²) in [4.78, 5) is 0.0458. The molecule has 0 unspecified atom stereocenters. The van der Waals surface area contributed by atoms with Gasteiger partial charge in [-0.2, -0.15) is 0 Å². The van der Waals surface area contributed by atoms with E-state index in [1.807, 2.05) is 18.2 Å². The van der Waals surface area contributed by atoms with E-state index < -0.39 is 10.1 Å². The summed E-state index contributed by atoms with van der Waals surface area (Å²) in [5.74, 6) is 1.59. The van der Waals surface area contributed by atoms with E-state index in [1.165, 1.54) is 77.0 Å². The smallest absolute Gasteiger partial charge is 0.744 e. The van der Waals surface area contributed by atoms with E-state index in [2.05, 4.69) is 33.8 Å². The quantitative estimate of drug-likeness (QED) is 0.0876. The summed E-state index contributed by atoms with van der Waals surface area (Å²) in [6, 6.07) is 9.64. The summed E-state index contributed by atoms with van der Waals surface area (Å²) >= 11 is 0. The van der Waals surface area contributed by atoms with Crippen LogP contribution in [0.3, 0.4) is 0 Å². The molecule has 0 bridgehead atoms. The number of unbranched alkanes of at least 4 members (excludes halogenated alkanes) is 12. The molecule has 0 saturated carbocycles. The molecule has 5 heteroatoms. The molecule has 0 spiro atoms. The van der Waals surface area contributed by atoms with Crippen molar-refractivity contribution in [3.63, 3.8) is 0 Å². The van der Waals surface area contributed by atoms with E-state index in [4.69, 9.17) is 0 Å². The molecule has 0 aromatic heterocycles. The molecule has 39 heavy (non-hydrogen) atoms. The van der Waals surface area contributed by atoms with Gasteiger partial charge >= 0.3 is 51.4 Å². The molecule has 0 N–H and O–H groups in total. The molecule has 0 amide bonds. The summed E-state index contributed by atoms with van der Waals surface area (Å²) in [6.07, 6.45) is 21.2. The van der Waals surface area contributed by atoms with E-state index in [0.717, 1.165) is 60.5 Å². The minimum absolute atomic E-state index is 0. The van der Waals surface area contributed by atoms with E-state index >= 15 is 0 Å². The van der Waals surface area contributed by atoms with E-state index in [0.29, 0.717) is 11.8 Å². The molecule has 0 aliphatic rings. The number of aryl methyl sites for hydroxylation is 1. The largest absolute Gasteiger partial charge is 1.00 e. The number of benzene rings is 2. The van der Waals surface area contributed by atoms with Gasteiger partial charge in [0, 0.05) is 0 Å². The Labute approximate surface area is 283 Å². The molecule has 0 heterocycles. The normalized spacial score (nSPS) is 12.0. The number of fused-ring (bicyclic) bond motifs is 1. The van der Waals surface area contributed by atoms with Gasteiger partial charge in [-0.15, -0.1) is 0 Å². The Hall–Kier alpha value is 0.246. The zero-order chi connectivity index (χ0) is 27.8. The van der Waals surface area contributed by atoms with Gasteiger partial charge in [0.2, 0.25) is 0 Å². The number of hydrogen-bond donors (Lipinski definition) is 0. The Morgan fingerprint density at radius 2 is 1.08 bits per heavy atom. The molecular weight excluding hydrogens is 528 g/mol. The number of hydrogen-bond acceptors (Lipinski definition) is 3. The molecule has 0 atom stereocenters. The van der Waals surface area contributed by atoms with Crippen LogP contribution >= 0.6 is 0 Å². The molecule has 216 valence electrons. The second-order valence-electron chi connectivity index (χ2n) is 12.3. The van der Waals surface area contributed by atoms with Crippen molar-refractivity contribution in [2.75, 3.05) is 0 Å². The molecule has 2 aromatic carbocycles. The topological polar surface area (TPSA) is 57.2 Å². The predicted octanol–water partition coefficient (Wildman–Crippen LogP) is 7.39. The summed E-state index contributed by atoms with van der Waals surface area (Å²) in [5.41, 5.74) is 1.87. The molecule has 2 rings (SSSR count). The maximum atomic E-state index is 12.5. The average Bonchev–Trinajstić information content (AvgIpc) is 2.85. The zero-order valence-corrected chi connectivity index (χ0v) is 29.8. The van der Waals surface area contributed by atoms with Crippen LogP contribution < -0.4 is 51.4 Å². The minimum Gasteiger partial charge on any atom is -0.744 e. The fourth-order valence-corrected chi connectivity index (χ4v) is 6.68. The maximum absolute atomic E-state index is 12.5. The average molecular weight is 583 g/mol. The fraction of sp³-hybridized carbons (Fsp3) is 0.706. The van der Waals surface area contributed by atoms with Crippen LogP contribution in [0.1, 0.15) is 142 Å². The Kier molecular flexibility index (Phi) is 20.1. The van der Waals surface area contributed by atoms with Gasteiger partial charge in [-0.1, -0.05) is 148 Å². The first kappa shape index (κ1) is 37.3. The second-order valence-corrected chi connectivity index (χ2v) is 13.6. The van der Waals surface area contributed by atoms with Crippen LogP contribution in [0.4, 0.5) is 0 Å². The van der Waals surface area contributed by atoms with Gasteiger partial charge < -0.3 is 4.55 Å². The maximum Gasteiger partial charge on any atom is 1.00 e. The van der Waals surface area contributed by atoms with E-state index in [1.54, 1.807) is 6.07 Å². The first-order chi connectivity index (χ1) is 18.2. The molecule has 0 aliphatic heterocycles. The third kappa shape index (κ3) is 15.3. The predicted molar refractivity (Wildman–Crippen MR) is 163 cm³/mol. The van der Waals surface area contributed by atoms with Crippen LogP contribution in [0.15, 0.2) is 35.2 Å².